The number of nitrogens with zero attached hydrogens (tertiary/aromatic N) is 2. The van der Waals surface area contributed by atoms with Crippen LogP contribution in [0.2, 0.25) is 0 Å². The number of aromatic nitrogens is 3. The van der Waals surface area contributed by atoms with E-state index in [1.165, 1.54) is 0 Å². The van der Waals surface area contributed by atoms with Gasteiger partial charge in [-0.2, -0.15) is 5.10 Å². The minimum Gasteiger partial charge on any atom is -0.334 e. The van der Waals surface area contributed by atoms with E-state index in [-0.39, 0.29) is 11.9 Å². The molecule has 0 aliphatic carbocycles. The fourth-order valence-corrected chi connectivity index (χ4v) is 4.68. The molecule has 5 rings (SSSR count). The van der Waals surface area contributed by atoms with Crippen LogP contribution >= 0.6 is 11.3 Å². The van der Waals surface area contributed by atoms with Gasteiger partial charge in [0.25, 0.3) is 0 Å². The van der Waals surface area contributed by atoms with Crippen LogP contribution in [0.25, 0.3) is 23.1 Å². The molecular weight excluding hydrogens is 496 g/mol. The molecule has 0 aliphatic heterocycles. The van der Waals surface area contributed by atoms with Gasteiger partial charge in [0.2, 0.25) is 5.91 Å². The van der Waals surface area contributed by atoms with Gasteiger partial charge in [-0.3, -0.25) is 14.9 Å². The second-order valence-electron chi connectivity index (χ2n) is 8.75. The van der Waals surface area contributed by atoms with E-state index < -0.39 is 0 Å². The molecule has 9 heteroatoms. The predicted molar refractivity (Wildman–Crippen MR) is 153 cm³/mol. The summed E-state index contributed by atoms with van der Waals surface area (Å²) >= 11 is 1.57. The third-order valence-corrected chi connectivity index (χ3v) is 6.76. The van der Waals surface area contributed by atoms with Crippen molar-refractivity contribution in [2.45, 2.75) is 19.9 Å². The Bertz CT molecular complexity index is 1590. The molecule has 2 aromatic carbocycles. The average Bonchev–Trinajstić information content (AvgIpc) is 3.57. The summed E-state index contributed by atoms with van der Waals surface area (Å²) in [5.41, 5.74) is 5.86. The number of aryl methyl sites for hydroxylation is 1. The normalized spacial score (nSPS) is 11.1. The van der Waals surface area contributed by atoms with E-state index in [9.17, 15) is 9.59 Å². The molecule has 3 aromatic heterocycles. The number of hydrogen-bond acceptors (Lipinski definition) is 5. The van der Waals surface area contributed by atoms with Crippen molar-refractivity contribution in [1.29, 1.82) is 0 Å². The molecule has 3 heterocycles. The standard InChI is InChI=1S/C29H26N6O2S/c1-19-13-27-24(16-26(19)33-28(36)15-23-8-4-12-38-23)25(34-35-27)10-9-20-5-2-7-22(14-20)32-29(37)31-18-21-6-3-11-30-17-21/h2-14,16-17H,15,18H2,1H3,(H,33,36)(H,34,35)(H2,31,32,37)/b10-9+. The fourth-order valence-electron chi connectivity index (χ4n) is 3.98. The van der Waals surface area contributed by atoms with Gasteiger partial charge in [0.05, 0.1) is 17.6 Å². The second-order valence-corrected chi connectivity index (χ2v) is 9.79. The van der Waals surface area contributed by atoms with Crippen molar-refractivity contribution in [1.82, 2.24) is 20.5 Å². The lowest BCUT2D eigenvalue weighted by atomic mass is 10.1. The van der Waals surface area contributed by atoms with Crippen molar-refractivity contribution in [3.8, 4) is 0 Å². The van der Waals surface area contributed by atoms with Crippen LogP contribution in [0.15, 0.2) is 78.4 Å². The average molecular weight is 523 g/mol. The third-order valence-electron chi connectivity index (χ3n) is 5.88. The molecule has 0 saturated carbocycles. The summed E-state index contributed by atoms with van der Waals surface area (Å²) in [5, 5.41) is 19.1. The smallest absolute Gasteiger partial charge is 0.319 e. The molecule has 8 nitrogen and oxygen atoms in total. The number of thiophene rings is 1. The third kappa shape index (κ3) is 6.32. The molecule has 0 saturated heterocycles. The van der Waals surface area contributed by atoms with Crippen LogP contribution in [0.3, 0.4) is 0 Å². The number of nitrogens with one attached hydrogen (secondary N) is 4. The van der Waals surface area contributed by atoms with Crippen molar-refractivity contribution in [3.05, 3.63) is 106 Å². The molecule has 4 N–H and O–H groups in total. The minimum atomic E-state index is -0.294. The zero-order valence-corrected chi connectivity index (χ0v) is 21.5. The van der Waals surface area contributed by atoms with Crippen molar-refractivity contribution < 1.29 is 9.59 Å². The number of hydrogen-bond donors (Lipinski definition) is 4. The second kappa shape index (κ2) is 11.5. The van der Waals surface area contributed by atoms with Crippen LogP contribution in [0.1, 0.15) is 27.3 Å². The Kier molecular flexibility index (Phi) is 7.56. The monoisotopic (exact) mass is 522 g/mol. The summed E-state index contributed by atoms with van der Waals surface area (Å²) in [7, 11) is 0. The van der Waals surface area contributed by atoms with Crippen LogP contribution in [-0.2, 0) is 17.8 Å². The maximum atomic E-state index is 12.5. The van der Waals surface area contributed by atoms with E-state index in [4.69, 9.17) is 0 Å². The number of anilines is 2. The number of aromatic amines is 1. The van der Waals surface area contributed by atoms with Crippen LogP contribution < -0.4 is 16.0 Å². The molecule has 0 atom stereocenters. The first-order chi connectivity index (χ1) is 18.5. The van der Waals surface area contributed by atoms with Gasteiger partial charge in [0.1, 0.15) is 0 Å². The van der Waals surface area contributed by atoms with E-state index in [2.05, 4.69) is 31.1 Å². The number of benzene rings is 2. The van der Waals surface area contributed by atoms with Gasteiger partial charge in [0.15, 0.2) is 0 Å². The molecule has 3 amide bonds. The highest BCUT2D eigenvalue weighted by Gasteiger charge is 2.11. The first-order valence-electron chi connectivity index (χ1n) is 12.1. The van der Waals surface area contributed by atoms with Crippen LogP contribution in [-0.4, -0.2) is 27.1 Å². The van der Waals surface area contributed by atoms with Gasteiger partial charge < -0.3 is 16.0 Å². The zero-order chi connectivity index (χ0) is 26.3. The molecule has 0 aliphatic rings. The number of carbonyl (C=O) groups excluding carboxylic acids is 2. The van der Waals surface area contributed by atoms with Crippen LogP contribution in [0.5, 0.6) is 0 Å². The SMILES string of the molecule is Cc1cc2[nH]nc(/C=C/c3cccc(NC(=O)NCc4cccnc4)c3)c2cc1NC(=O)Cc1cccs1. The summed E-state index contributed by atoms with van der Waals surface area (Å²) in [6.45, 7) is 2.35. The van der Waals surface area contributed by atoms with Gasteiger partial charge in [-0.15, -0.1) is 11.3 Å². The summed E-state index contributed by atoms with van der Waals surface area (Å²) in [6, 6.07) is 18.8. The summed E-state index contributed by atoms with van der Waals surface area (Å²) in [6.07, 6.45) is 7.60. The maximum Gasteiger partial charge on any atom is 0.319 e. The van der Waals surface area contributed by atoms with Crippen LogP contribution in [0.4, 0.5) is 16.2 Å². The molecule has 38 heavy (non-hydrogen) atoms. The van der Waals surface area contributed by atoms with Crippen molar-refractivity contribution in [2.24, 2.45) is 0 Å². The van der Waals surface area contributed by atoms with E-state index in [1.54, 1.807) is 23.7 Å². The molecule has 0 unspecified atom stereocenters. The first kappa shape index (κ1) is 24.9. The summed E-state index contributed by atoms with van der Waals surface area (Å²) < 4.78 is 0. The largest absolute Gasteiger partial charge is 0.334 e. The molecule has 0 spiro atoms. The highest BCUT2D eigenvalue weighted by molar-refractivity contribution is 7.10. The minimum absolute atomic E-state index is 0.0516. The molecule has 190 valence electrons. The predicted octanol–water partition coefficient (Wildman–Crippen LogP) is 6.00. The van der Waals surface area contributed by atoms with E-state index >= 15 is 0 Å². The number of carbonyl (C=O) groups is 2. The van der Waals surface area contributed by atoms with E-state index in [0.29, 0.717) is 18.7 Å². The number of urea groups is 1. The lowest BCUT2D eigenvalue weighted by Gasteiger charge is -2.08. The van der Waals surface area contributed by atoms with Gasteiger partial charge in [0, 0.05) is 40.6 Å². The van der Waals surface area contributed by atoms with Gasteiger partial charge in [-0.25, -0.2) is 4.79 Å². The Hall–Kier alpha value is -4.76. The Morgan fingerprint density at radius 3 is 2.76 bits per heavy atom. The molecule has 5 aromatic rings. The first-order valence-corrected chi connectivity index (χ1v) is 12.9. The number of fused-ring (bicyclic) bond motifs is 1. The van der Waals surface area contributed by atoms with E-state index in [0.717, 1.165) is 43.9 Å². The molecule has 0 bridgehead atoms. The van der Waals surface area contributed by atoms with Crippen LogP contribution in [0, 0.1) is 6.92 Å². The number of H-pyrrole nitrogens is 1. The van der Waals surface area contributed by atoms with Gasteiger partial charge in [-0.05, 0) is 71.5 Å². The van der Waals surface area contributed by atoms with Crippen molar-refractivity contribution in [3.63, 3.8) is 0 Å². The van der Waals surface area contributed by atoms with Gasteiger partial charge in [-0.1, -0.05) is 30.3 Å². The summed E-state index contributed by atoms with van der Waals surface area (Å²) in [4.78, 5) is 29.9. The quantitative estimate of drug-likeness (QED) is 0.200. The molecular formula is C29H26N6O2S. The maximum absolute atomic E-state index is 12.5. The van der Waals surface area contributed by atoms with Crippen molar-refractivity contribution in [2.75, 3.05) is 10.6 Å². The van der Waals surface area contributed by atoms with E-state index in [1.807, 2.05) is 85.1 Å². The number of amides is 3. The Morgan fingerprint density at radius 1 is 1.03 bits per heavy atom. The Labute approximate surface area is 223 Å². The number of pyridine rings is 1. The Morgan fingerprint density at radius 2 is 1.95 bits per heavy atom. The zero-order valence-electron chi connectivity index (χ0n) is 20.7. The molecule has 0 radical (unpaired) electrons. The lowest BCUT2D eigenvalue weighted by Crippen LogP contribution is -2.28. The van der Waals surface area contributed by atoms with Crippen molar-refractivity contribution >= 4 is 57.7 Å². The summed E-state index contributed by atoms with van der Waals surface area (Å²) in [5.74, 6) is -0.0516. The highest BCUT2D eigenvalue weighted by Crippen LogP contribution is 2.26. The Balaban J connectivity index is 1.26. The number of rotatable bonds is 8. The highest BCUT2D eigenvalue weighted by atomic mass is 32.1. The fraction of sp³-hybridized carbons (Fsp3) is 0.103. The molecule has 0 fully saturated rings. The topological polar surface area (TPSA) is 112 Å². The van der Waals surface area contributed by atoms with Gasteiger partial charge >= 0.3 is 6.03 Å². The lowest BCUT2D eigenvalue weighted by molar-refractivity contribution is -0.115.